The highest BCUT2D eigenvalue weighted by molar-refractivity contribution is 5.58. The number of hydrogen-bond acceptors (Lipinski definition) is 3. The summed E-state index contributed by atoms with van der Waals surface area (Å²) in [6.07, 6.45) is 2.41. The van der Waals surface area contributed by atoms with Crippen LogP contribution in [-0.2, 0) is 4.74 Å². The predicted molar refractivity (Wildman–Crippen MR) is 85.7 cm³/mol. The smallest absolute Gasteiger partial charge is 0.142 e. The average Bonchev–Trinajstić information content (AvgIpc) is 2.39. The summed E-state index contributed by atoms with van der Waals surface area (Å²) in [5.41, 5.74) is 2.28. The zero-order chi connectivity index (χ0) is 15.0. The second-order valence-corrected chi connectivity index (χ2v) is 5.86. The summed E-state index contributed by atoms with van der Waals surface area (Å²) < 4.78 is 10.8. The number of nitrogens with one attached hydrogen (secondary N) is 1. The molecule has 0 saturated carbocycles. The van der Waals surface area contributed by atoms with Gasteiger partial charge in [0.2, 0.25) is 0 Å². The van der Waals surface area contributed by atoms with E-state index in [-0.39, 0.29) is 0 Å². The lowest BCUT2D eigenvalue weighted by atomic mass is 10.0. The molecule has 114 valence electrons. The third kappa shape index (κ3) is 6.29. The van der Waals surface area contributed by atoms with E-state index in [9.17, 15) is 0 Å². The first-order chi connectivity index (χ1) is 9.52. The van der Waals surface area contributed by atoms with Crippen molar-refractivity contribution >= 4 is 5.69 Å². The molecule has 3 heteroatoms. The van der Waals surface area contributed by atoms with Crippen LogP contribution in [0.1, 0.15) is 39.2 Å². The van der Waals surface area contributed by atoms with Crippen LogP contribution >= 0.6 is 0 Å². The number of aryl methyl sites for hydroxylation is 1. The van der Waals surface area contributed by atoms with E-state index in [4.69, 9.17) is 9.47 Å². The second kappa shape index (κ2) is 8.85. The van der Waals surface area contributed by atoms with Crippen LogP contribution in [-0.4, -0.2) is 26.4 Å². The molecule has 0 bridgehead atoms. The van der Waals surface area contributed by atoms with Gasteiger partial charge in [0.25, 0.3) is 0 Å². The van der Waals surface area contributed by atoms with Crippen molar-refractivity contribution < 1.29 is 9.47 Å². The number of rotatable bonds is 9. The first-order valence-electron chi connectivity index (χ1n) is 7.51. The largest absolute Gasteiger partial charge is 0.489 e. The molecule has 0 aromatic heterocycles. The lowest BCUT2D eigenvalue weighted by Crippen LogP contribution is -2.17. The minimum absolute atomic E-state index is 0.449. The molecule has 0 heterocycles. The molecule has 1 N–H and O–H groups in total. The Kier molecular flexibility index (Phi) is 7.45. The maximum absolute atomic E-state index is 5.80. The van der Waals surface area contributed by atoms with Crippen molar-refractivity contribution in [2.75, 3.05) is 25.6 Å². The van der Waals surface area contributed by atoms with Gasteiger partial charge in [0.15, 0.2) is 0 Å². The van der Waals surface area contributed by atoms with Crippen molar-refractivity contribution in [1.82, 2.24) is 0 Å². The Morgan fingerprint density at radius 3 is 2.50 bits per heavy atom. The number of hydrogen-bond donors (Lipinski definition) is 1. The van der Waals surface area contributed by atoms with Gasteiger partial charge in [0, 0.05) is 13.2 Å². The normalized spacial score (nSPS) is 12.5. The Morgan fingerprint density at radius 2 is 1.85 bits per heavy atom. The third-order valence-electron chi connectivity index (χ3n) is 3.26. The third-order valence-corrected chi connectivity index (χ3v) is 3.26. The quantitative estimate of drug-likeness (QED) is 0.685. The van der Waals surface area contributed by atoms with Crippen molar-refractivity contribution in [3.05, 3.63) is 23.8 Å². The molecular weight excluding hydrogens is 250 g/mol. The molecule has 0 fully saturated rings. The summed E-state index contributed by atoms with van der Waals surface area (Å²) >= 11 is 0. The fourth-order valence-corrected chi connectivity index (χ4v) is 2.02. The van der Waals surface area contributed by atoms with Gasteiger partial charge in [-0.05, 0) is 50.3 Å². The zero-order valence-corrected chi connectivity index (χ0v) is 13.5. The molecule has 0 saturated heterocycles. The molecule has 0 spiro atoms. The fourth-order valence-electron chi connectivity index (χ4n) is 2.02. The molecule has 3 nitrogen and oxygen atoms in total. The van der Waals surface area contributed by atoms with E-state index < -0.39 is 0 Å². The summed E-state index contributed by atoms with van der Waals surface area (Å²) in [6.45, 7) is 10.0. The molecule has 0 aliphatic heterocycles. The summed E-state index contributed by atoms with van der Waals surface area (Å²) in [6, 6.07) is 6.74. The molecule has 0 aliphatic rings. The molecule has 0 amide bonds. The summed E-state index contributed by atoms with van der Waals surface area (Å²) in [7, 11) is 1.69. The van der Waals surface area contributed by atoms with E-state index in [1.54, 1.807) is 7.11 Å². The fraction of sp³-hybridized carbons (Fsp3) is 0.647. The Labute approximate surface area is 123 Å². The van der Waals surface area contributed by atoms with E-state index in [2.05, 4.69) is 51.2 Å². The Balaban J connectivity index is 2.62. The van der Waals surface area contributed by atoms with Gasteiger partial charge in [-0.1, -0.05) is 19.9 Å². The first-order valence-corrected chi connectivity index (χ1v) is 7.51. The van der Waals surface area contributed by atoms with Gasteiger partial charge < -0.3 is 14.8 Å². The van der Waals surface area contributed by atoms with Crippen LogP contribution in [0.4, 0.5) is 5.69 Å². The predicted octanol–water partition coefficient (Wildman–Crippen LogP) is 4.26. The molecule has 1 aromatic carbocycles. The summed E-state index contributed by atoms with van der Waals surface area (Å²) in [5.74, 6) is 1.66. The SMILES string of the molecule is COCCOc1cc(C)ccc1NC(C)CCC(C)C. The van der Waals surface area contributed by atoms with Crippen molar-refractivity contribution in [1.29, 1.82) is 0 Å². The van der Waals surface area contributed by atoms with Crippen LogP contribution in [0, 0.1) is 12.8 Å². The maximum atomic E-state index is 5.80. The molecule has 1 unspecified atom stereocenters. The van der Waals surface area contributed by atoms with Crippen molar-refractivity contribution in [2.45, 2.75) is 46.6 Å². The first kappa shape index (κ1) is 16.8. The zero-order valence-electron chi connectivity index (χ0n) is 13.5. The highest BCUT2D eigenvalue weighted by atomic mass is 16.5. The standard InChI is InChI=1S/C17H29NO2/c1-13(2)6-8-15(4)18-16-9-7-14(3)12-17(16)20-11-10-19-5/h7,9,12-13,15,18H,6,8,10-11H2,1-5H3. The molecule has 1 rings (SSSR count). The Hall–Kier alpha value is -1.22. The minimum atomic E-state index is 0.449. The highest BCUT2D eigenvalue weighted by Crippen LogP contribution is 2.27. The van der Waals surface area contributed by atoms with Gasteiger partial charge in [-0.25, -0.2) is 0 Å². The Bertz CT molecular complexity index is 391. The van der Waals surface area contributed by atoms with E-state index in [0.29, 0.717) is 19.3 Å². The van der Waals surface area contributed by atoms with Crippen LogP contribution in [0.5, 0.6) is 5.75 Å². The molecule has 1 atom stereocenters. The summed E-state index contributed by atoms with van der Waals surface area (Å²) in [4.78, 5) is 0. The maximum Gasteiger partial charge on any atom is 0.142 e. The van der Waals surface area contributed by atoms with Crippen LogP contribution < -0.4 is 10.1 Å². The number of ether oxygens (including phenoxy) is 2. The van der Waals surface area contributed by atoms with E-state index in [1.807, 2.05) is 0 Å². The number of methoxy groups -OCH3 is 1. The van der Waals surface area contributed by atoms with E-state index in [1.165, 1.54) is 18.4 Å². The highest BCUT2D eigenvalue weighted by Gasteiger charge is 2.08. The van der Waals surface area contributed by atoms with Crippen molar-refractivity contribution in [2.24, 2.45) is 5.92 Å². The molecular formula is C17H29NO2. The minimum Gasteiger partial charge on any atom is -0.489 e. The van der Waals surface area contributed by atoms with Gasteiger partial charge in [-0.3, -0.25) is 0 Å². The number of anilines is 1. The van der Waals surface area contributed by atoms with E-state index in [0.717, 1.165) is 17.4 Å². The van der Waals surface area contributed by atoms with Gasteiger partial charge >= 0.3 is 0 Å². The molecule has 0 aliphatic carbocycles. The molecule has 1 aromatic rings. The second-order valence-electron chi connectivity index (χ2n) is 5.86. The van der Waals surface area contributed by atoms with Gasteiger partial charge in [-0.2, -0.15) is 0 Å². The monoisotopic (exact) mass is 279 g/mol. The number of benzene rings is 1. The van der Waals surface area contributed by atoms with E-state index >= 15 is 0 Å². The molecule has 20 heavy (non-hydrogen) atoms. The van der Waals surface area contributed by atoms with Crippen molar-refractivity contribution in [3.63, 3.8) is 0 Å². The summed E-state index contributed by atoms with van der Waals surface area (Å²) in [5, 5.41) is 3.55. The molecule has 0 radical (unpaired) electrons. The van der Waals surface area contributed by atoms with Crippen LogP contribution in [0.3, 0.4) is 0 Å². The van der Waals surface area contributed by atoms with Crippen LogP contribution in [0.2, 0.25) is 0 Å². The Morgan fingerprint density at radius 1 is 1.10 bits per heavy atom. The average molecular weight is 279 g/mol. The lowest BCUT2D eigenvalue weighted by molar-refractivity contribution is 0.146. The van der Waals surface area contributed by atoms with Crippen molar-refractivity contribution in [3.8, 4) is 5.75 Å². The van der Waals surface area contributed by atoms with Crippen LogP contribution in [0.25, 0.3) is 0 Å². The topological polar surface area (TPSA) is 30.5 Å². The van der Waals surface area contributed by atoms with Gasteiger partial charge in [-0.15, -0.1) is 0 Å². The van der Waals surface area contributed by atoms with Crippen LogP contribution in [0.15, 0.2) is 18.2 Å². The lowest BCUT2D eigenvalue weighted by Gasteiger charge is -2.19. The van der Waals surface area contributed by atoms with Gasteiger partial charge in [0.05, 0.1) is 12.3 Å². The van der Waals surface area contributed by atoms with Gasteiger partial charge in [0.1, 0.15) is 12.4 Å².